The number of carbonyl (C=O) groups is 1. The number of ether oxygens (including phenoxy) is 1. The summed E-state index contributed by atoms with van der Waals surface area (Å²) in [4.78, 5) is 15.3. The van der Waals surface area contributed by atoms with Crippen molar-refractivity contribution in [1.82, 2.24) is 4.90 Å². The zero-order chi connectivity index (χ0) is 18.9. The van der Waals surface area contributed by atoms with Gasteiger partial charge in [-0.05, 0) is 37.3 Å². The van der Waals surface area contributed by atoms with Crippen molar-refractivity contribution in [1.29, 1.82) is 0 Å². The Balaban J connectivity index is 1.55. The number of aliphatic hydroxyl groups is 1. The molecule has 142 valence electrons. The number of aliphatic hydroxyl groups excluding tert-OH is 1. The van der Waals surface area contributed by atoms with Crippen LogP contribution in [0.3, 0.4) is 0 Å². The van der Waals surface area contributed by atoms with Gasteiger partial charge in [-0.1, -0.05) is 48.5 Å². The lowest BCUT2D eigenvalue weighted by atomic mass is 9.70. The van der Waals surface area contributed by atoms with E-state index in [0.717, 1.165) is 37.0 Å². The number of nitrogens with zero attached hydrogens (tertiary/aromatic N) is 1. The lowest BCUT2D eigenvalue weighted by molar-refractivity contribution is -0.132. The summed E-state index contributed by atoms with van der Waals surface area (Å²) in [5.41, 5.74) is 1.94. The van der Waals surface area contributed by atoms with Gasteiger partial charge >= 0.3 is 0 Å². The predicted molar refractivity (Wildman–Crippen MR) is 105 cm³/mol. The molecule has 1 N–H and O–H groups in total. The Kier molecular flexibility index (Phi) is 4.92. The van der Waals surface area contributed by atoms with Crippen molar-refractivity contribution in [3.63, 3.8) is 0 Å². The van der Waals surface area contributed by atoms with Crippen LogP contribution in [0.25, 0.3) is 0 Å². The molecule has 27 heavy (non-hydrogen) atoms. The van der Waals surface area contributed by atoms with Crippen LogP contribution in [0.5, 0.6) is 5.75 Å². The van der Waals surface area contributed by atoms with Gasteiger partial charge in [0.1, 0.15) is 5.75 Å². The SMILES string of the molecule is COc1ccccc1CC(=O)N1[C@H]2CC[C@@H]1[C@@](CO)(Cc1ccccc1)C2. The van der Waals surface area contributed by atoms with Crippen molar-refractivity contribution in [2.24, 2.45) is 5.41 Å². The molecule has 0 aromatic heterocycles. The highest BCUT2D eigenvalue weighted by molar-refractivity contribution is 5.81. The Hall–Kier alpha value is -2.33. The van der Waals surface area contributed by atoms with Crippen molar-refractivity contribution < 1.29 is 14.6 Å². The Morgan fingerprint density at radius 1 is 1.15 bits per heavy atom. The summed E-state index contributed by atoms with van der Waals surface area (Å²) < 4.78 is 5.41. The first kappa shape index (κ1) is 18.1. The molecule has 0 unspecified atom stereocenters. The van der Waals surface area contributed by atoms with E-state index in [4.69, 9.17) is 4.74 Å². The van der Waals surface area contributed by atoms with Crippen LogP contribution in [0, 0.1) is 5.41 Å². The lowest BCUT2D eigenvalue weighted by Gasteiger charge is -2.36. The molecule has 2 aliphatic heterocycles. The summed E-state index contributed by atoms with van der Waals surface area (Å²) >= 11 is 0. The number of benzene rings is 2. The number of hydrogen-bond donors (Lipinski definition) is 1. The number of rotatable bonds is 6. The minimum atomic E-state index is -0.222. The summed E-state index contributed by atoms with van der Waals surface area (Å²) in [6.45, 7) is 0.126. The zero-order valence-corrected chi connectivity index (χ0v) is 15.8. The first-order chi connectivity index (χ1) is 13.2. The maximum absolute atomic E-state index is 13.2. The van der Waals surface area contributed by atoms with Gasteiger partial charge in [-0.2, -0.15) is 0 Å². The van der Waals surface area contributed by atoms with Gasteiger partial charge in [-0.15, -0.1) is 0 Å². The fraction of sp³-hybridized carbons (Fsp3) is 0.435. The van der Waals surface area contributed by atoms with Gasteiger partial charge in [-0.3, -0.25) is 4.79 Å². The number of methoxy groups -OCH3 is 1. The third-order valence-electron chi connectivity index (χ3n) is 6.39. The van der Waals surface area contributed by atoms with Crippen molar-refractivity contribution in [3.05, 3.63) is 65.7 Å². The average Bonchev–Trinajstić information content (AvgIpc) is 3.25. The van der Waals surface area contributed by atoms with E-state index in [9.17, 15) is 9.90 Å². The van der Waals surface area contributed by atoms with E-state index in [2.05, 4.69) is 17.0 Å². The maximum atomic E-state index is 13.2. The monoisotopic (exact) mass is 365 g/mol. The summed E-state index contributed by atoms with van der Waals surface area (Å²) in [6, 6.07) is 18.4. The highest BCUT2D eigenvalue weighted by Gasteiger charge is 2.56. The minimum absolute atomic E-state index is 0.120. The first-order valence-corrected chi connectivity index (χ1v) is 9.75. The molecule has 0 aliphatic carbocycles. The van der Waals surface area contributed by atoms with Crippen LogP contribution in [0.1, 0.15) is 30.4 Å². The molecule has 2 aromatic rings. The van der Waals surface area contributed by atoms with Gasteiger partial charge in [0.25, 0.3) is 0 Å². The quantitative estimate of drug-likeness (QED) is 0.855. The molecule has 2 aliphatic rings. The van der Waals surface area contributed by atoms with E-state index < -0.39 is 0 Å². The van der Waals surface area contributed by atoms with Crippen LogP contribution in [0.2, 0.25) is 0 Å². The lowest BCUT2D eigenvalue weighted by Crippen LogP contribution is -2.44. The molecule has 0 radical (unpaired) electrons. The van der Waals surface area contributed by atoms with E-state index in [-0.39, 0.29) is 30.0 Å². The predicted octanol–water partition coefficient (Wildman–Crippen LogP) is 3.22. The normalized spacial score (nSPS) is 26.4. The fourth-order valence-electron chi connectivity index (χ4n) is 5.19. The second kappa shape index (κ2) is 7.35. The molecule has 0 saturated carbocycles. The van der Waals surface area contributed by atoms with E-state index in [1.54, 1.807) is 7.11 Å². The topological polar surface area (TPSA) is 49.8 Å². The molecule has 4 rings (SSSR count). The second-order valence-electron chi connectivity index (χ2n) is 7.92. The summed E-state index contributed by atoms with van der Waals surface area (Å²) in [7, 11) is 1.64. The van der Waals surface area contributed by atoms with Crippen molar-refractivity contribution in [2.45, 2.75) is 44.2 Å². The highest BCUT2D eigenvalue weighted by Crippen LogP contribution is 2.51. The Labute approximate surface area is 160 Å². The van der Waals surface area contributed by atoms with Gasteiger partial charge in [0.15, 0.2) is 0 Å². The number of para-hydroxylation sites is 1. The van der Waals surface area contributed by atoms with Crippen LogP contribution in [-0.4, -0.2) is 41.7 Å². The standard InChI is InChI=1S/C23H27NO3/c1-27-20-10-6-5-9-18(20)13-22(26)24-19-11-12-21(24)23(15-19,16-25)14-17-7-3-2-4-8-17/h2-10,19,21,25H,11-16H2,1H3/t19-,21+,23-/m0/s1. The molecular weight excluding hydrogens is 338 g/mol. The van der Waals surface area contributed by atoms with Crippen LogP contribution in [-0.2, 0) is 17.6 Å². The van der Waals surface area contributed by atoms with E-state index >= 15 is 0 Å². The molecule has 1 amide bonds. The van der Waals surface area contributed by atoms with Crippen molar-refractivity contribution in [3.8, 4) is 5.75 Å². The summed E-state index contributed by atoms with van der Waals surface area (Å²) in [6.07, 6.45) is 4.09. The van der Waals surface area contributed by atoms with E-state index in [0.29, 0.717) is 6.42 Å². The molecule has 4 nitrogen and oxygen atoms in total. The van der Waals surface area contributed by atoms with Gasteiger partial charge in [0, 0.05) is 23.1 Å². The third-order valence-corrected chi connectivity index (χ3v) is 6.39. The molecule has 2 saturated heterocycles. The Morgan fingerprint density at radius 3 is 2.63 bits per heavy atom. The van der Waals surface area contributed by atoms with Crippen LogP contribution >= 0.6 is 0 Å². The van der Waals surface area contributed by atoms with Crippen LogP contribution in [0.15, 0.2) is 54.6 Å². The van der Waals surface area contributed by atoms with Gasteiger partial charge < -0.3 is 14.7 Å². The molecule has 2 fully saturated rings. The number of hydrogen-bond acceptors (Lipinski definition) is 3. The van der Waals surface area contributed by atoms with E-state index in [1.165, 1.54) is 5.56 Å². The zero-order valence-electron chi connectivity index (χ0n) is 15.8. The molecule has 2 aromatic carbocycles. The van der Waals surface area contributed by atoms with Crippen LogP contribution in [0.4, 0.5) is 0 Å². The molecule has 2 bridgehead atoms. The molecule has 2 heterocycles. The number of carbonyl (C=O) groups excluding carboxylic acids is 1. The fourth-order valence-corrected chi connectivity index (χ4v) is 5.19. The highest BCUT2D eigenvalue weighted by atomic mass is 16.5. The van der Waals surface area contributed by atoms with Gasteiger partial charge in [-0.25, -0.2) is 0 Å². The number of fused-ring (bicyclic) bond motifs is 2. The second-order valence-corrected chi connectivity index (χ2v) is 7.92. The minimum Gasteiger partial charge on any atom is -0.496 e. The number of amides is 1. The molecule has 4 heteroatoms. The molecule has 3 atom stereocenters. The largest absolute Gasteiger partial charge is 0.496 e. The van der Waals surface area contributed by atoms with Gasteiger partial charge in [0.05, 0.1) is 20.1 Å². The van der Waals surface area contributed by atoms with Gasteiger partial charge in [0.2, 0.25) is 5.91 Å². The Morgan fingerprint density at radius 2 is 1.89 bits per heavy atom. The average molecular weight is 365 g/mol. The first-order valence-electron chi connectivity index (χ1n) is 9.75. The molecular formula is C23H27NO3. The van der Waals surface area contributed by atoms with E-state index in [1.807, 2.05) is 42.5 Å². The molecule has 0 spiro atoms. The van der Waals surface area contributed by atoms with Crippen LogP contribution < -0.4 is 4.74 Å². The Bertz CT molecular complexity index is 806. The smallest absolute Gasteiger partial charge is 0.227 e. The van der Waals surface area contributed by atoms with Crippen molar-refractivity contribution >= 4 is 5.91 Å². The summed E-state index contributed by atoms with van der Waals surface area (Å²) in [5.74, 6) is 0.908. The maximum Gasteiger partial charge on any atom is 0.227 e. The third kappa shape index (κ3) is 3.23. The van der Waals surface area contributed by atoms with Crippen molar-refractivity contribution in [2.75, 3.05) is 13.7 Å². The summed E-state index contributed by atoms with van der Waals surface area (Å²) in [5, 5.41) is 10.3.